The normalized spacial score (nSPS) is 10.5. The molecule has 0 unspecified atom stereocenters. The van der Waals surface area contributed by atoms with Crippen LogP contribution in [0.4, 0.5) is 11.9 Å². The van der Waals surface area contributed by atoms with Crippen molar-refractivity contribution in [1.29, 1.82) is 0 Å². The second-order valence-corrected chi connectivity index (χ2v) is 4.45. The van der Waals surface area contributed by atoms with E-state index >= 15 is 0 Å². The fraction of sp³-hybridized carbons (Fsp3) is 0.154. The molecule has 0 bridgehead atoms. The summed E-state index contributed by atoms with van der Waals surface area (Å²) in [6.45, 7) is 2.50. The molecule has 3 rings (SSSR count). The summed E-state index contributed by atoms with van der Waals surface area (Å²) in [5, 5.41) is 3.11. The van der Waals surface area contributed by atoms with Crippen molar-refractivity contribution in [3.63, 3.8) is 0 Å². The van der Waals surface area contributed by atoms with Gasteiger partial charge in [0.2, 0.25) is 17.8 Å². The van der Waals surface area contributed by atoms with Crippen molar-refractivity contribution < 1.29 is 0 Å². The fourth-order valence-corrected chi connectivity index (χ4v) is 1.74. The lowest BCUT2D eigenvalue weighted by molar-refractivity contribution is 0.895. The number of imidazole rings is 1. The Balaban J connectivity index is 1.78. The molecular weight excluding hydrogens is 268 g/mol. The van der Waals surface area contributed by atoms with Gasteiger partial charge in [-0.2, -0.15) is 15.0 Å². The third kappa shape index (κ3) is 3.11. The lowest BCUT2D eigenvalue weighted by Gasteiger charge is -2.07. The van der Waals surface area contributed by atoms with Gasteiger partial charge in [0, 0.05) is 30.8 Å². The topological polar surface area (TPSA) is 107 Å². The summed E-state index contributed by atoms with van der Waals surface area (Å²) in [6, 6.07) is 3.95. The first-order valence-electron chi connectivity index (χ1n) is 6.36. The Hall–Kier alpha value is -3.03. The minimum absolute atomic E-state index is 0.151. The van der Waals surface area contributed by atoms with Gasteiger partial charge in [-0.15, -0.1) is 0 Å². The van der Waals surface area contributed by atoms with Gasteiger partial charge in [0.05, 0.1) is 0 Å². The predicted molar refractivity (Wildman–Crippen MR) is 77.7 cm³/mol. The molecule has 0 amide bonds. The number of nitrogens with zero attached hydrogens (tertiary/aromatic N) is 6. The van der Waals surface area contributed by atoms with E-state index in [1.807, 2.05) is 25.3 Å². The number of nitrogens with two attached hydrogens (primary N) is 1. The van der Waals surface area contributed by atoms with Gasteiger partial charge in [0.1, 0.15) is 6.33 Å². The van der Waals surface area contributed by atoms with E-state index in [0.29, 0.717) is 18.4 Å². The fourth-order valence-electron chi connectivity index (χ4n) is 1.74. The molecule has 8 heteroatoms. The largest absolute Gasteiger partial charge is 0.368 e. The Labute approximate surface area is 121 Å². The summed E-state index contributed by atoms with van der Waals surface area (Å²) in [5.74, 6) is 0.981. The minimum Gasteiger partial charge on any atom is -0.368 e. The van der Waals surface area contributed by atoms with E-state index in [-0.39, 0.29) is 5.95 Å². The monoisotopic (exact) mass is 282 g/mol. The summed E-state index contributed by atoms with van der Waals surface area (Å²) >= 11 is 0. The molecule has 21 heavy (non-hydrogen) atoms. The molecule has 0 aliphatic heterocycles. The van der Waals surface area contributed by atoms with Crippen LogP contribution in [0, 0.1) is 6.92 Å². The van der Waals surface area contributed by atoms with Crippen molar-refractivity contribution in [3.8, 4) is 5.95 Å². The van der Waals surface area contributed by atoms with Crippen molar-refractivity contribution in [2.45, 2.75) is 13.5 Å². The zero-order valence-corrected chi connectivity index (χ0v) is 11.4. The molecule has 0 radical (unpaired) electrons. The first kappa shape index (κ1) is 13.0. The molecule has 106 valence electrons. The molecule has 0 aromatic carbocycles. The number of aryl methyl sites for hydroxylation is 1. The van der Waals surface area contributed by atoms with Gasteiger partial charge in [-0.1, -0.05) is 6.07 Å². The van der Waals surface area contributed by atoms with E-state index in [9.17, 15) is 0 Å². The Morgan fingerprint density at radius 1 is 1.24 bits per heavy atom. The van der Waals surface area contributed by atoms with Gasteiger partial charge >= 0.3 is 0 Å². The SMILES string of the molecule is Cc1ccc(CNc2nc(N)nc(-n3ccnc3)n2)cn1. The van der Waals surface area contributed by atoms with Crippen LogP contribution in [0.5, 0.6) is 0 Å². The highest BCUT2D eigenvalue weighted by Gasteiger charge is 2.06. The third-order valence-electron chi connectivity index (χ3n) is 2.80. The molecule has 8 nitrogen and oxygen atoms in total. The van der Waals surface area contributed by atoms with Crippen LogP contribution < -0.4 is 11.1 Å². The first-order chi connectivity index (χ1) is 10.2. The van der Waals surface area contributed by atoms with Gasteiger partial charge in [0.25, 0.3) is 0 Å². The summed E-state index contributed by atoms with van der Waals surface area (Å²) in [7, 11) is 0. The smallest absolute Gasteiger partial charge is 0.241 e. The van der Waals surface area contributed by atoms with Crippen molar-refractivity contribution in [2.24, 2.45) is 0 Å². The third-order valence-corrected chi connectivity index (χ3v) is 2.80. The molecule has 0 aliphatic carbocycles. The number of rotatable bonds is 4. The molecule has 0 atom stereocenters. The first-order valence-corrected chi connectivity index (χ1v) is 6.36. The van der Waals surface area contributed by atoms with E-state index in [1.54, 1.807) is 23.3 Å². The van der Waals surface area contributed by atoms with Crippen LogP contribution in [0.25, 0.3) is 5.95 Å². The molecule has 0 spiro atoms. The van der Waals surface area contributed by atoms with Crippen molar-refractivity contribution in [2.75, 3.05) is 11.1 Å². The Kier molecular flexibility index (Phi) is 3.42. The quantitative estimate of drug-likeness (QED) is 0.733. The maximum atomic E-state index is 5.71. The van der Waals surface area contributed by atoms with E-state index in [4.69, 9.17) is 5.73 Å². The number of nitrogen functional groups attached to an aromatic ring is 1. The predicted octanol–water partition coefficient (Wildman–Crippen LogP) is 0.955. The average Bonchev–Trinajstić information content (AvgIpc) is 3.00. The molecule has 0 saturated carbocycles. The van der Waals surface area contributed by atoms with Gasteiger partial charge in [-0.05, 0) is 18.6 Å². The zero-order chi connectivity index (χ0) is 14.7. The maximum absolute atomic E-state index is 5.71. The maximum Gasteiger partial charge on any atom is 0.241 e. The van der Waals surface area contributed by atoms with E-state index in [2.05, 4.69) is 30.2 Å². The lowest BCUT2D eigenvalue weighted by Crippen LogP contribution is -2.10. The van der Waals surface area contributed by atoms with Gasteiger partial charge in [0.15, 0.2) is 0 Å². The summed E-state index contributed by atoms with van der Waals surface area (Å²) in [6.07, 6.45) is 6.79. The van der Waals surface area contributed by atoms with Crippen molar-refractivity contribution in [1.82, 2.24) is 29.5 Å². The molecule has 3 heterocycles. The molecule has 3 N–H and O–H groups in total. The van der Waals surface area contributed by atoms with E-state index in [1.165, 1.54) is 0 Å². The van der Waals surface area contributed by atoms with Gasteiger partial charge < -0.3 is 11.1 Å². The Bertz CT molecular complexity index is 720. The Morgan fingerprint density at radius 3 is 2.86 bits per heavy atom. The van der Waals surface area contributed by atoms with Crippen LogP contribution in [0.3, 0.4) is 0 Å². The zero-order valence-electron chi connectivity index (χ0n) is 11.4. The average molecular weight is 282 g/mol. The van der Waals surface area contributed by atoms with E-state index < -0.39 is 0 Å². The standard InChI is InChI=1S/C13H14N8/c1-9-2-3-10(6-16-9)7-17-12-18-11(14)19-13(20-12)21-5-4-15-8-21/h2-6,8H,7H2,1H3,(H3,14,17,18,19,20). The molecule has 0 aliphatic rings. The number of aromatic nitrogens is 6. The van der Waals surface area contributed by atoms with Crippen molar-refractivity contribution in [3.05, 3.63) is 48.3 Å². The van der Waals surface area contributed by atoms with Crippen LogP contribution in [-0.2, 0) is 6.54 Å². The van der Waals surface area contributed by atoms with Crippen LogP contribution in [0.15, 0.2) is 37.1 Å². The van der Waals surface area contributed by atoms with Crippen LogP contribution in [0.1, 0.15) is 11.3 Å². The molecule has 3 aromatic rings. The van der Waals surface area contributed by atoms with Crippen LogP contribution in [-0.4, -0.2) is 29.5 Å². The Morgan fingerprint density at radius 2 is 2.14 bits per heavy atom. The highest BCUT2D eigenvalue weighted by atomic mass is 15.3. The second-order valence-electron chi connectivity index (χ2n) is 4.45. The highest BCUT2D eigenvalue weighted by molar-refractivity contribution is 5.35. The van der Waals surface area contributed by atoms with E-state index in [0.717, 1.165) is 11.3 Å². The molecule has 3 aromatic heterocycles. The number of anilines is 2. The lowest BCUT2D eigenvalue weighted by atomic mass is 10.2. The van der Waals surface area contributed by atoms with Crippen LogP contribution in [0.2, 0.25) is 0 Å². The van der Waals surface area contributed by atoms with Crippen LogP contribution >= 0.6 is 0 Å². The summed E-state index contributed by atoms with van der Waals surface area (Å²) < 4.78 is 1.66. The highest BCUT2D eigenvalue weighted by Crippen LogP contribution is 2.08. The number of pyridine rings is 1. The number of hydrogen-bond donors (Lipinski definition) is 2. The van der Waals surface area contributed by atoms with Gasteiger partial charge in [-0.3, -0.25) is 9.55 Å². The number of nitrogens with one attached hydrogen (secondary N) is 1. The summed E-state index contributed by atoms with van der Waals surface area (Å²) in [4.78, 5) is 20.6. The van der Waals surface area contributed by atoms with Crippen molar-refractivity contribution >= 4 is 11.9 Å². The summed E-state index contributed by atoms with van der Waals surface area (Å²) in [5.41, 5.74) is 7.71. The second kappa shape index (κ2) is 5.53. The number of hydrogen-bond acceptors (Lipinski definition) is 7. The minimum atomic E-state index is 0.151. The molecule has 0 saturated heterocycles. The molecule has 0 fully saturated rings. The molecular formula is C13H14N8. The van der Waals surface area contributed by atoms with Gasteiger partial charge in [-0.25, -0.2) is 4.98 Å².